The highest BCUT2D eigenvalue weighted by molar-refractivity contribution is 8.00. The summed E-state index contributed by atoms with van der Waals surface area (Å²) in [6.45, 7) is 1.92. The zero-order valence-electron chi connectivity index (χ0n) is 20.0. The second kappa shape index (κ2) is 10.8. The van der Waals surface area contributed by atoms with Gasteiger partial charge in [0.2, 0.25) is 16.7 Å². The number of nitrogens with two attached hydrogens (primary N) is 1. The SMILES string of the molecule is CCO/N=C(\C(=O)N[C@@H]1C(=O)N2C(C(=O)S)=C(c3nc(-c4cc[n+](C)cc4)cs3)CS[C@H]12)c1nsc(N)n1. The number of carbonyl (C=O) groups excluding carboxylic acids is 3. The summed E-state index contributed by atoms with van der Waals surface area (Å²) >= 11 is 7.77. The van der Waals surface area contributed by atoms with Crippen LogP contribution in [0.3, 0.4) is 0 Å². The number of hydrogen-bond acceptors (Lipinski definition) is 12. The molecule has 5 rings (SSSR count). The van der Waals surface area contributed by atoms with Crippen molar-refractivity contribution in [2.24, 2.45) is 12.2 Å². The fourth-order valence-electron chi connectivity index (χ4n) is 3.85. The van der Waals surface area contributed by atoms with E-state index in [0.29, 0.717) is 16.3 Å². The lowest BCUT2D eigenvalue weighted by Crippen LogP contribution is -2.70. The Morgan fingerprint density at radius 1 is 1.34 bits per heavy atom. The van der Waals surface area contributed by atoms with Crippen LogP contribution in [0.15, 0.2) is 40.8 Å². The molecule has 12 nitrogen and oxygen atoms in total. The summed E-state index contributed by atoms with van der Waals surface area (Å²) in [6.07, 6.45) is 3.85. The molecule has 2 atom stereocenters. The van der Waals surface area contributed by atoms with Crippen molar-refractivity contribution in [3.05, 3.63) is 46.4 Å². The van der Waals surface area contributed by atoms with Crippen molar-refractivity contribution in [1.29, 1.82) is 0 Å². The topological polar surface area (TPSA) is 157 Å². The highest BCUT2D eigenvalue weighted by atomic mass is 32.2. The van der Waals surface area contributed by atoms with Gasteiger partial charge in [0.25, 0.3) is 11.8 Å². The number of thiazole rings is 1. The molecule has 0 aliphatic carbocycles. The van der Waals surface area contributed by atoms with Gasteiger partial charge in [-0.1, -0.05) is 17.8 Å². The molecule has 0 radical (unpaired) electrons. The second-order valence-corrected chi connectivity index (χ2v) is 11.3. The number of thiol groups is 1. The van der Waals surface area contributed by atoms with Crippen molar-refractivity contribution < 1.29 is 23.8 Å². The summed E-state index contributed by atoms with van der Waals surface area (Å²) in [4.78, 5) is 53.9. The number of hydrogen-bond donors (Lipinski definition) is 3. The highest BCUT2D eigenvalue weighted by Gasteiger charge is 2.54. The monoisotopic (exact) mass is 589 g/mol. The first-order chi connectivity index (χ1) is 18.3. The summed E-state index contributed by atoms with van der Waals surface area (Å²) in [6, 6.07) is 3.01. The van der Waals surface area contributed by atoms with E-state index in [1.807, 2.05) is 41.5 Å². The Labute approximate surface area is 234 Å². The quantitative estimate of drug-likeness (QED) is 0.115. The summed E-state index contributed by atoms with van der Waals surface area (Å²) < 4.78 is 5.94. The molecule has 3 N–H and O–H groups in total. The Hall–Kier alpha value is -3.34. The number of nitrogen functional groups attached to an aromatic ring is 1. The number of β-lactam (4-membered cyclic amide) rings is 1. The first-order valence-electron chi connectivity index (χ1n) is 11.2. The summed E-state index contributed by atoms with van der Waals surface area (Å²) in [5.74, 6) is -0.731. The normalized spacial score (nSPS) is 19.2. The minimum Gasteiger partial charge on any atom is -0.395 e. The van der Waals surface area contributed by atoms with E-state index >= 15 is 0 Å². The highest BCUT2D eigenvalue weighted by Crippen LogP contribution is 2.44. The van der Waals surface area contributed by atoms with Crippen LogP contribution in [0.5, 0.6) is 0 Å². The molecule has 2 aliphatic rings. The number of aromatic nitrogens is 4. The second-order valence-electron chi connectivity index (χ2n) is 8.10. The molecule has 1 fully saturated rings. The number of rotatable bonds is 8. The van der Waals surface area contributed by atoms with Crippen LogP contribution >= 0.6 is 47.3 Å². The summed E-state index contributed by atoms with van der Waals surface area (Å²) in [5, 5.41) is 8.14. The first kappa shape index (κ1) is 26.3. The summed E-state index contributed by atoms with van der Waals surface area (Å²) in [5.41, 5.74) is 7.96. The van der Waals surface area contributed by atoms with E-state index < -0.39 is 28.3 Å². The van der Waals surface area contributed by atoms with Gasteiger partial charge in [-0.3, -0.25) is 19.3 Å². The van der Waals surface area contributed by atoms with Crippen LogP contribution in [-0.2, 0) is 26.3 Å². The lowest BCUT2D eigenvalue weighted by Gasteiger charge is -2.49. The number of fused-ring (bicyclic) bond motifs is 1. The van der Waals surface area contributed by atoms with Crippen molar-refractivity contribution >= 4 is 80.6 Å². The third-order valence-electron chi connectivity index (χ3n) is 5.65. The number of anilines is 1. The molecule has 0 bridgehead atoms. The van der Waals surface area contributed by atoms with Crippen molar-refractivity contribution in [2.75, 3.05) is 18.1 Å². The molecular formula is C22H21N8O4S4+. The third kappa shape index (κ3) is 4.91. The zero-order chi connectivity index (χ0) is 27.0. The van der Waals surface area contributed by atoms with E-state index in [-0.39, 0.29) is 29.0 Å². The minimum absolute atomic E-state index is 0.00136. The molecule has 3 aromatic heterocycles. The van der Waals surface area contributed by atoms with E-state index in [4.69, 9.17) is 15.6 Å². The van der Waals surface area contributed by atoms with Gasteiger partial charge in [0, 0.05) is 45.9 Å². The largest absolute Gasteiger partial charge is 0.395 e. The molecule has 2 aliphatic heterocycles. The number of amides is 2. The zero-order valence-corrected chi connectivity index (χ0v) is 23.4. The van der Waals surface area contributed by atoms with Crippen LogP contribution in [0.1, 0.15) is 17.8 Å². The fraction of sp³-hybridized carbons (Fsp3) is 0.273. The average molecular weight is 590 g/mol. The molecule has 38 heavy (non-hydrogen) atoms. The number of oxime groups is 1. The molecule has 3 aromatic rings. The number of aryl methyl sites for hydroxylation is 1. The Morgan fingerprint density at radius 2 is 2.11 bits per heavy atom. The lowest BCUT2D eigenvalue weighted by atomic mass is 10.0. The molecule has 0 spiro atoms. The van der Waals surface area contributed by atoms with Crippen molar-refractivity contribution in [2.45, 2.75) is 18.3 Å². The Kier molecular flexibility index (Phi) is 7.47. The minimum atomic E-state index is -0.892. The molecule has 16 heteroatoms. The first-order valence-corrected chi connectivity index (χ1v) is 14.4. The molecular weight excluding hydrogens is 569 g/mol. The Bertz CT molecular complexity index is 1480. The third-order valence-corrected chi connectivity index (χ3v) is 8.58. The number of pyridine rings is 1. The Balaban J connectivity index is 1.38. The number of nitrogens with one attached hydrogen (secondary N) is 1. The summed E-state index contributed by atoms with van der Waals surface area (Å²) in [7, 11) is 1.93. The van der Waals surface area contributed by atoms with Crippen LogP contribution in [0, 0.1) is 0 Å². The maximum Gasteiger partial charge on any atom is 0.278 e. The van der Waals surface area contributed by atoms with Crippen LogP contribution in [-0.4, -0.2) is 65.7 Å². The van der Waals surface area contributed by atoms with Crippen LogP contribution in [0.4, 0.5) is 5.13 Å². The van der Waals surface area contributed by atoms with Crippen LogP contribution in [0.25, 0.3) is 16.8 Å². The van der Waals surface area contributed by atoms with Gasteiger partial charge in [-0.2, -0.15) is 9.36 Å². The van der Waals surface area contributed by atoms with Gasteiger partial charge < -0.3 is 15.9 Å². The van der Waals surface area contributed by atoms with Crippen molar-refractivity contribution in [3.8, 4) is 11.3 Å². The molecule has 0 aromatic carbocycles. The standard InChI is InChI=1S/C22H20N8O4S4/c1-3-34-27-13(16-26-22(23)38-28-16)17(31)25-14-19(32)30-15(21(33)35)11(8-37-20(14)30)18-24-12(9-36-18)10-4-6-29(2)7-5-10/h4-7,9,14,20H,3,8H2,1-2H3,(H3-,23,25,26,28,31,33,35)/p+1/b27-13-/t14-,20-/m1/s1. The molecule has 5 heterocycles. The van der Waals surface area contributed by atoms with Gasteiger partial charge in [-0.25, -0.2) is 9.55 Å². The number of carbonyl (C=O) groups is 3. The molecule has 2 amide bonds. The van der Waals surface area contributed by atoms with Gasteiger partial charge >= 0.3 is 0 Å². The molecule has 0 saturated carbocycles. The van der Waals surface area contributed by atoms with E-state index in [1.54, 1.807) is 6.92 Å². The van der Waals surface area contributed by atoms with E-state index in [9.17, 15) is 14.4 Å². The predicted molar refractivity (Wildman–Crippen MR) is 147 cm³/mol. The fourth-order valence-corrected chi connectivity index (χ4v) is 6.84. The maximum atomic E-state index is 13.2. The maximum absolute atomic E-state index is 13.2. The van der Waals surface area contributed by atoms with E-state index in [1.165, 1.54) is 28.0 Å². The van der Waals surface area contributed by atoms with E-state index in [2.05, 4.69) is 32.5 Å². The van der Waals surface area contributed by atoms with Gasteiger partial charge in [0.1, 0.15) is 35.8 Å². The number of thioether (sulfide) groups is 1. The van der Waals surface area contributed by atoms with Crippen molar-refractivity contribution in [3.63, 3.8) is 0 Å². The van der Waals surface area contributed by atoms with Gasteiger partial charge in [-0.05, 0) is 6.92 Å². The molecule has 196 valence electrons. The number of nitrogens with zero attached hydrogens (tertiary/aromatic N) is 6. The smallest absolute Gasteiger partial charge is 0.278 e. The lowest BCUT2D eigenvalue weighted by molar-refractivity contribution is -0.671. The van der Waals surface area contributed by atoms with Gasteiger partial charge in [-0.15, -0.1) is 23.1 Å². The van der Waals surface area contributed by atoms with Gasteiger partial charge in [0.05, 0.1) is 5.69 Å². The Morgan fingerprint density at radius 3 is 2.76 bits per heavy atom. The van der Waals surface area contributed by atoms with Crippen molar-refractivity contribution in [1.82, 2.24) is 24.6 Å². The average Bonchev–Trinajstić information content (AvgIpc) is 3.56. The van der Waals surface area contributed by atoms with Crippen LogP contribution in [0.2, 0.25) is 0 Å². The molecule has 1 saturated heterocycles. The van der Waals surface area contributed by atoms with Gasteiger partial charge in [0.15, 0.2) is 17.5 Å². The molecule has 0 unspecified atom stereocenters. The van der Waals surface area contributed by atoms with E-state index in [0.717, 1.165) is 22.8 Å². The van der Waals surface area contributed by atoms with Crippen LogP contribution < -0.4 is 15.6 Å². The predicted octanol–water partition coefficient (Wildman–Crippen LogP) is 1.08.